The molecule has 0 radical (unpaired) electrons. The molecule has 6 fully saturated rings. The van der Waals surface area contributed by atoms with Gasteiger partial charge in [0.05, 0.1) is 42.9 Å². The largest absolute Gasteiger partial charge is 0.462 e. The van der Waals surface area contributed by atoms with Crippen molar-refractivity contribution in [2.24, 2.45) is 35.5 Å². The monoisotopic (exact) mass is 855 g/mol. The number of carbonyl (C=O) groups is 2. The Morgan fingerprint density at radius 1 is 0.869 bits per heavy atom. The van der Waals surface area contributed by atoms with Crippen molar-refractivity contribution < 1.29 is 51.9 Å². The number of carbonyl (C=O) groups excluding carboxylic acids is 2. The van der Waals surface area contributed by atoms with Gasteiger partial charge in [-0.3, -0.25) is 9.59 Å². The molecule has 0 N–H and O–H groups in total. The standard InChI is InChI=1S/C48H71FN2O10/c1-11-28-14-12-17-38(61-40-19-18-37(50(6)7)26(4)57-40)25(3)44(53)34-22-31-30-20-29(60-48-47(56-10)46(55-9)45(54-8)27(5)58-48)21-33(30)42-43(41(31)32(34)23-39(52)59-28)51(42)36-16-13-15-35(49)24(36)2/h13,15-16,22,25-33,37-38,40-43,45-48H,11-12,14,17-21,23H2,1-10H3/t25-,26-,27+,28+,29+,30+,31+,32-,33-,37+,38+,40+,41-,42+,43-,45+,46-,47-,48+,51?/m1/s1. The number of ketones is 1. The van der Waals surface area contributed by atoms with Gasteiger partial charge in [-0.05, 0) is 128 Å². The summed E-state index contributed by atoms with van der Waals surface area (Å²) in [7, 11) is 9.11. The molecule has 7 aliphatic rings. The van der Waals surface area contributed by atoms with Crippen molar-refractivity contribution in [1.29, 1.82) is 0 Å². The first-order valence-electron chi connectivity index (χ1n) is 23.1. The van der Waals surface area contributed by atoms with Crippen LogP contribution in [0.1, 0.15) is 91.0 Å². The lowest BCUT2D eigenvalue weighted by Crippen LogP contribution is -2.59. The van der Waals surface area contributed by atoms with Gasteiger partial charge in [0, 0.05) is 50.5 Å². The second-order valence-corrected chi connectivity index (χ2v) is 19.4. The fourth-order valence-corrected chi connectivity index (χ4v) is 12.8. The Morgan fingerprint density at radius 3 is 2.30 bits per heavy atom. The topological polar surface area (TPSA) is 114 Å². The number of esters is 1. The van der Waals surface area contributed by atoms with Crippen molar-refractivity contribution in [3.05, 3.63) is 41.2 Å². The molecular formula is C48H71FN2O10. The van der Waals surface area contributed by atoms with E-state index < -0.39 is 24.6 Å². The highest BCUT2D eigenvalue weighted by Gasteiger charge is 2.69. The van der Waals surface area contributed by atoms with E-state index in [1.165, 1.54) is 6.07 Å². The van der Waals surface area contributed by atoms with E-state index in [1.54, 1.807) is 27.4 Å². The van der Waals surface area contributed by atoms with Gasteiger partial charge in [0.25, 0.3) is 0 Å². The molecule has 2 saturated carbocycles. The van der Waals surface area contributed by atoms with Crippen LogP contribution < -0.4 is 4.90 Å². The van der Waals surface area contributed by atoms with Crippen molar-refractivity contribution in [2.45, 2.75) is 172 Å². The van der Waals surface area contributed by atoms with Crippen molar-refractivity contribution in [1.82, 2.24) is 4.90 Å². The van der Waals surface area contributed by atoms with Gasteiger partial charge in [0.15, 0.2) is 18.4 Å². The van der Waals surface area contributed by atoms with E-state index in [0.717, 1.165) is 43.4 Å². The summed E-state index contributed by atoms with van der Waals surface area (Å²) in [4.78, 5) is 33.8. The number of anilines is 1. The molecule has 1 aromatic rings. The van der Waals surface area contributed by atoms with Gasteiger partial charge >= 0.3 is 5.97 Å². The van der Waals surface area contributed by atoms with Gasteiger partial charge < -0.3 is 47.7 Å². The Kier molecular flexibility index (Phi) is 13.7. The van der Waals surface area contributed by atoms with E-state index in [4.69, 9.17) is 37.9 Å². The van der Waals surface area contributed by atoms with Crippen LogP contribution in [0.3, 0.4) is 0 Å². The fraction of sp³-hybridized carbons (Fsp3) is 0.792. The second kappa shape index (κ2) is 18.5. The number of halogens is 1. The zero-order chi connectivity index (χ0) is 43.4. The van der Waals surface area contributed by atoms with E-state index in [9.17, 15) is 4.79 Å². The van der Waals surface area contributed by atoms with Crippen LogP contribution >= 0.6 is 0 Å². The van der Waals surface area contributed by atoms with E-state index in [2.05, 4.69) is 43.8 Å². The first-order valence-corrected chi connectivity index (χ1v) is 23.1. The van der Waals surface area contributed by atoms with Gasteiger partial charge in [0.1, 0.15) is 30.2 Å². The number of benzene rings is 1. The van der Waals surface area contributed by atoms with Crippen molar-refractivity contribution in [2.75, 3.05) is 40.3 Å². The zero-order valence-electron chi connectivity index (χ0n) is 38.0. The maximum atomic E-state index is 15.3. The number of allylic oxidation sites excluding steroid dienone is 2. The first kappa shape index (κ1) is 45.1. The van der Waals surface area contributed by atoms with Gasteiger partial charge in [-0.1, -0.05) is 26.0 Å². The number of Topliss-reactive ketones (excluding diaryl/α,β-unsaturated/α-hetero) is 1. The Hall–Kier alpha value is -2.49. The van der Waals surface area contributed by atoms with Gasteiger partial charge in [-0.25, -0.2) is 4.39 Å². The number of fused-ring (bicyclic) bond motifs is 8. The van der Waals surface area contributed by atoms with Crippen LogP contribution in [0.5, 0.6) is 0 Å². The van der Waals surface area contributed by atoms with Crippen LogP contribution in [0, 0.1) is 48.2 Å². The molecule has 19 atom stereocenters. The van der Waals surface area contributed by atoms with Crippen molar-refractivity contribution >= 4 is 17.4 Å². The number of cyclic esters (lactones) is 1. The number of rotatable bonds is 10. The number of ether oxygens (including phenoxy) is 8. The third kappa shape index (κ3) is 8.49. The van der Waals surface area contributed by atoms with Crippen LogP contribution in [0.25, 0.3) is 0 Å². The lowest BCUT2D eigenvalue weighted by atomic mass is 9.66. The summed E-state index contributed by atoms with van der Waals surface area (Å²) in [5.41, 5.74) is 2.20. The number of nitrogens with zero attached hydrogens (tertiary/aromatic N) is 2. The molecule has 4 aliphatic heterocycles. The highest BCUT2D eigenvalue weighted by atomic mass is 19.1. The van der Waals surface area contributed by atoms with Crippen LogP contribution in [-0.2, 0) is 47.5 Å². The summed E-state index contributed by atoms with van der Waals surface area (Å²) < 4.78 is 65.8. The van der Waals surface area contributed by atoms with E-state index in [1.807, 2.05) is 26.8 Å². The average molecular weight is 855 g/mol. The summed E-state index contributed by atoms with van der Waals surface area (Å²) in [6, 6.07) is 5.72. The second-order valence-electron chi connectivity index (χ2n) is 19.4. The number of hydrogen-bond donors (Lipinski definition) is 0. The molecule has 12 nitrogen and oxygen atoms in total. The Morgan fingerprint density at radius 2 is 1.61 bits per heavy atom. The molecule has 0 spiro atoms. The fourth-order valence-electron chi connectivity index (χ4n) is 12.8. The molecule has 13 heteroatoms. The van der Waals surface area contributed by atoms with E-state index in [0.29, 0.717) is 30.9 Å². The zero-order valence-corrected chi connectivity index (χ0v) is 38.0. The third-order valence-electron chi connectivity index (χ3n) is 15.9. The number of methoxy groups -OCH3 is 3. The van der Waals surface area contributed by atoms with Gasteiger partial charge in [-0.15, -0.1) is 0 Å². The molecule has 0 unspecified atom stereocenters. The predicted octanol–water partition coefficient (Wildman–Crippen LogP) is 6.64. The highest BCUT2D eigenvalue weighted by molar-refractivity contribution is 5.99. The van der Waals surface area contributed by atoms with Crippen molar-refractivity contribution in [3.63, 3.8) is 0 Å². The highest BCUT2D eigenvalue weighted by Crippen LogP contribution is 2.65. The normalized spacial score (nSPS) is 44.0. The van der Waals surface area contributed by atoms with Gasteiger partial charge in [0.2, 0.25) is 0 Å². The lowest BCUT2D eigenvalue weighted by Gasteiger charge is -2.44. The summed E-state index contributed by atoms with van der Waals surface area (Å²) >= 11 is 0. The minimum Gasteiger partial charge on any atom is -0.462 e. The molecule has 340 valence electrons. The molecule has 0 aromatic heterocycles. The first-order chi connectivity index (χ1) is 29.3. The Labute approximate surface area is 362 Å². The molecular weight excluding hydrogens is 784 g/mol. The minimum absolute atomic E-state index is 0.000367. The molecule has 8 rings (SSSR count). The summed E-state index contributed by atoms with van der Waals surface area (Å²) in [6.07, 6.45) is 5.17. The molecule has 3 aliphatic carbocycles. The van der Waals surface area contributed by atoms with E-state index in [-0.39, 0.29) is 108 Å². The lowest BCUT2D eigenvalue weighted by molar-refractivity contribution is -0.314. The maximum absolute atomic E-state index is 15.3. The average Bonchev–Trinajstić information content (AvgIpc) is 3.62. The van der Waals surface area contributed by atoms with Crippen LogP contribution in [-0.4, -0.2) is 132 Å². The maximum Gasteiger partial charge on any atom is 0.306 e. The van der Waals surface area contributed by atoms with Crippen molar-refractivity contribution in [3.8, 4) is 0 Å². The van der Waals surface area contributed by atoms with Crippen LogP contribution in [0.15, 0.2) is 29.8 Å². The minimum atomic E-state index is -0.670. The Bertz CT molecular complexity index is 1760. The predicted molar refractivity (Wildman–Crippen MR) is 226 cm³/mol. The van der Waals surface area contributed by atoms with Crippen LogP contribution in [0.2, 0.25) is 0 Å². The Balaban J connectivity index is 1.12. The van der Waals surface area contributed by atoms with E-state index >= 15 is 9.18 Å². The molecule has 4 heterocycles. The molecule has 61 heavy (non-hydrogen) atoms. The summed E-state index contributed by atoms with van der Waals surface area (Å²) in [5.74, 6) is -0.915. The third-order valence-corrected chi connectivity index (χ3v) is 15.9. The van der Waals surface area contributed by atoms with Gasteiger partial charge in [-0.2, -0.15) is 0 Å². The van der Waals surface area contributed by atoms with Crippen LogP contribution in [0.4, 0.5) is 10.1 Å². The molecule has 4 saturated heterocycles. The smallest absolute Gasteiger partial charge is 0.306 e. The molecule has 0 bridgehead atoms. The summed E-state index contributed by atoms with van der Waals surface area (Å²) in [6.45, 7) is 9.98. The molecule has 1 aromatic carbocycles. The number of hydrogen-bond acceptors (Lipinski definition) is 12. The summed E-state index contributed by atoms with van der Waals surface area (Å²) in [5, 5.41) is 0. The quantitative estimate of drug-likeness (QED) is 0.186. The molecule has 0 amide bonds. The number of likely N-dealkylation sites (N-methyl/N-ethyl adjacent to an activating group) is 1. The SMILES string of the molecule is CC[C@H]1CCC[C@H](O[C@H]2CC[C@H](N(C)C)[C@@H](C)O2)[C@@H](C)C(=O)C2=C[C@H]3[C@@H]4C[C@H](O[C@@H]5O[C@@H](C)[C@H](OC)[C@@H](OC)[C@H]5OC)C[C@H]4[C@H]4[C@@H]([C@H]3[C@@H]2CC(=O)O1)N4c1cccc(F)c1C.